The summed E-state index contributed by atoms with van der Waals surface area (Å²) in [5.41, 5.74) is 0. The van der Waals surface area contributed by atoms with Crippen molar-refractivity contribution in [2.75, 3.05) is 39.6 Å². The zero-order valence-electron chi connectivity index (χ0n) is 69.8. The van der Waals surface area contributed by atoms with E-state index in [4.69, 9.17) is 32.3 Å². The van der Waals surface area contributed by atoms with Crippen molar-refractivity contribution in [1.82, 2.24) is 0 Å². The van der Waals surface area contributed by atoms with E-state index in [2.05, 4.69) is 179 Å². The second-order valence-electron chi connectivity index (χ2n) is 29.0. The van der Waals surface area contributed by atoms with Crippen LogP contribution in [0.5, 0.6) is 0 Å². The summed E-state index contributed by atoms with van der Waals surface area (Å²) in [5.74, 6) is -1.59. The summed E-state index contributed by atoms with van der Waals surface area (Å²) in [4.78, 5) is 58.9. The third-order valence-corrected chi connectivity index (χ3v) is 20.1. The van der Waals surface area contributed by atoms with Gasteiger partial charge in [0.15, 0.2) is 6.10 Å². The van der Waals surface area contributed by atoms with Gasteiger partial charge in [0.05, 0.1) is 26.4 Å². The summed E-state index contributed by atoms with van der Waals surface area (Å²) in [7, 11) is -9.81. The van der Waals surface area contributed by atoms with E-state index in [1.54, 1.807) is 0 Å². The number of esters is 3. The number of unbranched alkanes of at least 4 members (excludes halogenated alkanes) is 33. The molecule has 0 heterocycles. The van der Waals surface area contributed by atoms with Gasteiger partial charge in [0.2, 0.25) is 0 Å². The van der Waals surface area contributed by atoms with E-state index >= 15 is 0 Å². The van der Waals surface area contributed by atoms with Crippen molar-refractivity contribution < 1.29 is 75.8 Å². The highest BCUT2D eigenvalue weighted by Gasteiger charge is 2.29. The SMILES string of the molecule is CC/C=C\C/C=C\C/C=C\C/C=C\C/C=C\C/C=C\CCCCCCCCCCCCC(=O)OCC(O)COP(=O)(O)OCC(O)COP(=O)(O)OCC(COC(=O)CCCCCCCCCCCCC/C=C\C/C=C\C/C=C\C/C=C\CCCCC)OC(=O)CCCCCCCC/C=C\C/C=C\C/C=C\CCCCC. The van der Waals surface area contributed by atoms with Gasteiger partial charge in [-0.25, -0.2) is 9.13 Å². The summed E-state index contributed by atoms with van der Waals surface area (Å²) >= 11 is 0. The second kappa shape index (κ2) is 84.6. The molecule has 0 saturated carbocycles. The van der Waals surface area contributed by atoms with Gasteiger partial charge in [-0.2, -0.15) is 0 Å². The summed E-state index contributed by atoms with van der Waals surface area (Å²) in [6.07, 6.45) is 107. The molecule has 5 unspecified atom stereocenters. The Bertz CT molecular complexity index is 2650. The molecule has 0 saturated heterocycles. The lowest BCUT2D eigenvalue weighted by molar-refractivity contribution is -0.161. The van der Waals surface area contributed by atoms with Crippen LogP contribution in [0.25, 0.3) is 0 Å². The number of carbonyl (C=O) groups excluding carboxylic acids is 3. The maximum atomic E-state index is 13.0. The number of phosphoric ester groups is 2. The average Bonchev–Trinajstić information content (AvgIpc) is 0.900. The van der Waals surface area contributed by atoms with Crippen molar-refractivity contribution in [2.24, 2.45) is 0 Å². The predicted molar refractivity (Wildman–Crippen MR) is 463 cm³/mol. The van der Waals surface area contributed by atoms with Crippen LogP contribution in [-0.2, 0) is 55.8 Å². The highest BCUT2D eigenvalue weighted by atomic mass is 31.2. The van der Waals surface area contributed by atoms with Crippen molar-refractivity contribution in [3.8, 4) is 0 Å². The van der Waals surface area contributed by atoms with E-state index in [0.29, 0.717) is 19.3 Å². The molecular weight excluding hydrogens is 1430 g/mol. The lowest BCUT2D eigenvalue weighted by Crippen LogP contribution is -2.30. The minimum Gasteiger partial charge on any atom is -0.463 e. The Morgan fingerprint density at radius 2 is 0.477 bits per heavy atom. The fraction of sp³-hybridized carbons (Fsp3) is 0.688. The molecule has 16 nitrogen and oxygen atoms in total. The van der Waals surface area contributed by atoms with Crippen LogP contribution in [0.15, 0.2) is 158 Å². The molecular formula is C93H158O16P2. The molecule has 0 aliphatic heterocycles. The molecule has 0 aromatic heterocycles. The minimum atomic E-state index is -4.95. The van der Waals surface area contributed by atoms with Crippen LogP contribution in [0.2, 0.25) is 0 Å². The van der Waals surface area contributed by atoms with Gasteiger partial charge in [-0.3, -0.25) is 32.5 Å². The molecule has 0 aliphatic rings. The lowest BCUT2D eigenvalue weighted by atomic mass is 10.0. The maximum Gasteiger partial charge on any atom is 0.472 e. The smallest absolute Gasteiger partial charge is 0.463 e. The summed E-state index contributed by atoms with van der Waals surface area (Å²) in [6, 6.07) is 0. The van der Waals surface area contributed by atoms with Crippen LogP contribution >= 0.6 is 15.6 Å². The Morgan fingerprint density at radius 3 is 0.757 bits per heavy atom. The van der Waals surface area contributed by atoms with E-state index in [0.717, 1.165) is 180 Å². The number of rotatable bonds is 82. The first kappa shape index (κ1) is 106. The Kier molecular flexibility index (Phi) is 80.9. The van der Waals surface area contributed by atoms with Gasteiger partial charge in [-0.1, -0.05) is 339 Å². The van der Waals surface area contributed by atoms with Crippen molar-refractivity contribution in [3.05, 3.63) is 158 Å². The molecule has 0 fully saturated rings. The summed E-state index contributed by atoms with van der Waals surface area (Å²) < 4.78 is 61.4. The van der Waals surface area contributed by atoms with Crippen molar-refractivity contribution in [1.29, 1.82) is 0 Å². The number of ether oxygens (including phenoxy) is 3. The fourth-order valence-electron chi connectivity index (χ4n) is 11.6. The molecule has 111 heavy (non-hydrogen) atoms. The number of allylic oxidation sites excluding steroid dienone is 26. The Balaban J connectivity index is 4.62. The largest absolute Gasteiger partial charge is 0.472 e. The quantitative estimate of drug-likeness (QED) is 0.0146. The topological polar surface area (TPSA) is 231 Å². The molecule has 18 heteroatoms. The third kappa shape index (κ3) is 85.9. The molecule has 0 amide bonds. The number of aliphatic hydroxyl groups excluding tert-OH is 2. The van der Waals surface area contributed by atoms with E-state index in [1.165, 1.54) is 116 Å². The van der Waals surface area contributed by atoms with E-state index in [-0.39, 0.29) is 19.3 Å². The summed E-state index contributed by atoms with van der Waals surface area (Å²) in [5, 5.41) is 20.7. The Labute approximate surface area is 676 Å². The van der Waals surface area contributed by atoms with E-state index in [9.17, 15) is 43.5 Å². The molecule has 636 valence electrons. The molecule has 0 aliphatic carbocycles. The Morgan fingerprint density at radius 1 is 0.261 bits per heavy atom. The van der Waals surface area contributed by atoms with Gasteiger partial charge in [-0.05, 0) is 154 Å². The standard InChI is InChI=1S/C93H158O16P2/c1-4-7-10-13-16-19-22-25-28-31-34-36-38-40-42-43-45-47-48-50-53-55-58-61-64-67-70-73-76-79-91(96)103-82-88(94)83-105-110(99,100)106-84-89(95)85-107-111(101,102)108-87-90(109-93(98)81-78-75-72-69-66-63-60-57-52-33-30-27-24-21-18-15-12-9-6-3)86-104-92(97)80-77-74-71-68-65-62-59-56-54-51-49-46-44-41-39-37-35-32-29-26-23-20-17-14-11-8-5-2/h7,10,16-21,25-30,34-37,40-42,44-45,47,52,57,88-90,94-95H,4-6,8-9,11-15,22-24,31-33,38-39,43,46,48-51,53-56,58-87H2,1-3H3,(H,99,100)(H,101,102)/b10-7-,19-16-,20-17-,21-18-,28-25-,29-26-,30-27-,36-34-,37-35-,42-40-,44-41-,47-45-,57-52-. The zero-order valence-corrected chi connectivity index (χ0v) is 71.6. The monoisotopic (exact) mass is 1590 g/mol. The average molecular weight is 1590 g/mol. The van der Waals surface area contributed by atoms with E-state index in [1.807, 2.05) is 0 Å². The van der Waals surface area contributed by atoms with Gasteiger partial charge in [0.25, 0.3) is 0 Å². The molecule has 0 spiro atoms. The maximum absolute atomic E-state index is 13.0. The molecule has 0 bridgehead atoms. The zero-order chi connectivity index (χ0) is 80.8. The van der Waals surface area contributed by atoms with E-state index < -0.39 is 91.5 Å². The van der Waals surface area contributed by atoms with Crippen molar-refractivity contribution in [3.63, 3.8) is 0 Å². The number of carbonyl (C=O) groups is 3. The van der Waals surface area contributed by atoms with Crippen LogP contribution in [-0.4, -0.2) is 95.9 Å². The first-order valence-electron chi connectivity index (χ1n) is 43.8. The van der Waals surface area contributed by atoms with Crippen LogP contribution in [0.3, 0.4) is 0 Å². The molecule has 4 N–H and O–H groups in total. The predicted octanol–water partition coefficient (Wildman–Crippen LogP) is 26.5. The normalized spacial score (nSPS) is 14.6. The second-order valence-corrected chi connectivity index (χ2v) is 31.9. The number of hydrogen-bond acceptors (Lipinski definition) is 14. The van der Waals surface area contributed by atoms with Crippen LogP contribution in [0, 0.1) is 0 Å². The van der Waals surface area contributed by atoms with Crippen LogP contribution < -0.4 is 0 Å². The molecule has 0 aromatic rings. The third-order valence-electron chi connectivity index (χ3n) is 18.2. The van der Waals surface area contributed by atoms with Gasteiger partial charge >= 0.3 is 33.6 Å². The Hall–Kier alpha value is -4.83. The van der Waals surface area contributed by atoms with Gasteiger partial charge in [0, 0.05) is 19.3 Å². The number of phosphoric acid groups is 2. The molecule has 5 atom stereocenters. The van der Waals surface area contributed by atoms with Gasteiger partial charge in [-0.15, -0.1) is 0 Å². The fourth-order valence-corrected chi connectivity index (χ4v) is 13.2. The van der Waals surface area contributed by atoms with Crippen molar-refractivity contribution in [2.45, 2.75) is 373 Å². The minimum absolute atomic E-state index is 0.0861. The highest BCUT2D eigenvalue weighted by Crippen LogP contribution is 2.45. The highest BCUT2D eigenvalue weighted by molar-refractivity contribution is 7.47. The first-order chi connectivity index (χ1) is 54.2. The van der Waals surface area contributed by atoms with Crippen molar-refractivity contribution >= 4 is 33.6 Å². The van der Waals surface area contributed by atoms with Gasteiger partial charge < -0.3 is 34.2 Å². The van der Waals surface area contributed by atoms with Crippen LogP contribution in [0.4, 0.5) is 0 Å². The first-order valence-corrected chi connectivity index (χ1v) is 46.8. The lowest BCUT2D eigenvalue weighted by Gasteiger charge is -2.21. The molecule has 0 rings (SSSR count). The van der Waals surface area contributed by atoms with Crippen LogP contribution in [0.1, 0.15) is 355 Å². The molecule has 0 aromatic carbocycles. The number of hydrogen-bond donors (Lipinski definition) is 4. The van der Waals surface area contributed by atoms with Gasteiger partial charge in [0.1, 0.15) is 25.4 Å². The molecule has 0 radical (unpaired) electrons. The summed E-state index contributed by atoms with van der Waals surface area (Å²) in [6.45, 7) is 2.52. The number of aliphatic hydroxyl groups is 2.